The number of nitrogens with zero attached hydrogens (tertiary/aromatic N) is 4. The standard InChI is InChI=1S/C19H16FN5O2/c20-14-6-8-15(9-7-14)24-10-11-25-18(27)16(22-23-19(24)25)17(26)21-12-13-4-2-1-3-5-13/h1-9H,10-12H2,(H,21,26). The van der Waals surface area contributed by atoms with Crippen molar-refractivity contribution in [3.05, 3.63) is 82.0 Å². The number of carbonyl (C=O) groups excluding carboxylic acids is 1. The summed E-state index contributed by atoms with van der Waals surface area (Å²) in [5, 5.41) is 10.6. The third kappa shape index (κ3) is 3.29. The van der Waals surface area contributed by atoms with Crippen LogP contribution in [0.1, 0.15) is 16.1 Å². The zero-order valence-corrected chi connectivity index (χ0v) is 14.3. The molecular weight excluding hydrogens is 349 g/mol. The highest BCUT2D eigenvalue weighted by Crippen LogP contribution is 2.26. The molecule has 0 radical (unpaired) electrons. The van der Waals surface area contributed by atoms with Gasteiger partial charge in [0.05, 0.1) is 0 Å². The molecule has 1 aliphatic rings. The van der Waals surface area contributed by atoms with E-state index in [4.69, 9.17) is 0 Å². The third-order valence-corrected chi connectivity index (χ3v) is 4.37. The van der Waals surface area contributed by atoms with Crippen LogP contribution in [0.3, 0.4) is 0 Å². The summed E-state index contributed by atoms with van der Waals surface area (Å²) in [6.45, 7) is 1.16. The minimum Gasteiger partial charge on any atom is -0.346 e. The molecule has 8 heteroatoms. The van der Waals surface area contributed by atoms with Gasteiger partial charge in [0, 0.05) is 25.3 Å². The van der Waals surface area contributed by atoms with Crippen molar-refractivity contribution in [3.8, 4) is 0 Å². The number of halogens is 1. The van der Waals surface area contributed by atoms with E-state index in [1.54, 1.807) is 17.0 Å². The SMILES string of the molecule is O=C(NCc1ccccc1)c1nnc2n(c1=O)CCN2c1ccc(F)cc1. The molecule has 3 aromatic rings. The Balaban J connectivity index is 1.56. The maximum Gasteiger partial charge on any atom is 0.286 e. The normalized spacial score (nSPS) is 12.7. The van der Waals surface area contributed by atoms with Crippen molar-refractivity contribution < 1.29 is 9.18 Å². The summed E-state index contributed by atoms with van der Waals surface area (Å²) in [5.41, 5.74) is 0.894. The number of anilines is 2. The van der Waals surface area contributed by atoms with E-state index in [0.717, 1.165) is 5.56 Å². The monoisotopic (exact) mass is 365 g/mol. The van der Waals surface area contributed by atoms with Crippen LogP contribution in [-0.4, -0.2) is 27.2 Å². The quantitative estimate of drug-likeness (QED) is 0.763. The Labute approximate surface area is 154 Å². The second-order valence-corrected chi connectivity index (χ2v) is 6.10. The highest BCUT2D eigenvalue weighted by molar-refractivity contribution is 5.91. The number of fused-ring (bicyclic) bond motifs is 1. The highest BCUT2D eigenvalue weighted by atomic mass is 19.1. The zero-order valence-electron chi connectivity index (χ0n) is 14.3. The van der Waals surface area contributed by atoms with Crippen LogP contribution in [0.25, 0.3) is 0 Å². The van der Waals surface area contributed by atoms with Crippen molar-refractivity contribution in [2.24, 2.45) is 0 Å². The lowest BCUT2D eigenvalue weighted by Gasteiger charge is -2.16. The molecule has 0 saturated carbocycles. The summed E-state index contributed by atoms with van der Waals surface area (Å²) in [7, 11) is 0. The van der Waals surface area contributed by atoms with Crippen LogP contribution >= 0.6 is 0 Å². The lowest BCUT2D eigenvalue weighted by Crippen LogP contribution is -2.34. The Hall–Kier alpha value is -3.55. The molecule has 1 aliphatic heterocycles. The smallest absolute Gasteiger partial charge is 0.286 e. The lowest BCUT2D eigenvalue weighted by molar-refractivity contribution is 0.0942. The topological polar surface area (TPSA) is 80.1 Å². The average molecular weight is 365 g/mol. The number of aromatic nitrogens is 3. The molecule has 0 fully saturated rings. The Bertz CT molecular complexity index is 1030. The van der Waals surface area contributed by atoms with Crippen LogP contribution in [0.5, 0.6) is 0 Å². The molecule has 0 saturated heterocycles. The Morgan fingerprint density at radius 3 is 2.52 bits per heavy atom. The van der Waals surface area contributed by atoms with Crippen LogP contribution in [-0.2, 0) is 13.1 Å². The molecule has 4 rings (SSSR count). The van der Waals surface area contributed by atoms with Crippen molar-refractivity contribution in [1.29, 1.82) is 0 Å². The summed E-state index contributed by atoms with van der Waals surface area (Å²) in [5.74, 6) is -0.565. The van der Waals surface area contributed by atoms with Gasteiger partial charge in [0.25, 0.3) is 11.5 Å². The van der Waals surface area contributed by atoms with E-state index in [9.17, 15) is 14.0 Å². The summed E-state index contributed by atoms with van der Waals surface area (Å²) >= 11 is 0. The van der Waals surface area contributed by atoms with Gasteiger partial charge >= 0.3 is 0 Å². The molecule has 0 aliphatic carbocycles. The van der Waals surface area contributed by atoms with E-state index in [2.05, 4.69) is 15.5 Å². The first kappa shape index (κ1) is 16.9. The Kier molecular flexibility index (Phi) is 4.37. The molecule has 0 bridgehead atoms. The molecule has 2 aromatic carbocycles. The van der Waals surface area contributed by atoms with Crippen molar-refractivity contribution in [2.45, 2.75) is 13.1 Å². The number of rotatable bonds is 4. The first-order valence-electron chi connectivity index (χ1n) is 8.46. The van der Waals surface area contributed by atoms with Gasteiger partial charge in [-0.3, -0.25) is 14.2 Å². The van der Waals surface area contributed by atoms with E-state index >= 15 is 0 Å². The molecule has 0 atom stereocenters. The van der Waals surface area contributed by atoms with Gasteiger partial charge in [-0.1, -0.05) is 30.3 Å². The first-order chi connectivity index (χ1) is 13.1. The van der Waals surface area contributed by atoms with E-state index in [1.165, 1.54) is 16.7 Å². The fourth-order valence-corrected chi connectivity index (χ4v) is 2.98. The molecule has 7 nitrogen and oxygen atoms in total. The first-order valence-corrected chi connectivity index (χ1v) is 8.46. The fourth-order valence-electron chi connectivity index (χ4n) is 2.98. The summed E-state index contributed by atoms with van der Waals surface area (Å²) in [6, 6.07) is 15.3. The molecule has 136 valence electrons. The van der Waals surface area contributed by atoms with Crippen LogP contribution < -0.4 is 15.8 Å². The minimum atomic E-state index is -0.563. The van der Waals surface area contributed by atoms with Gasteiger partial charge in [0.2, 0.25) is 11.6 Å². The predicted octanol–water partition coefficient (Wildman–Crippen LogP) is 1.86. The van der Waals surface area contributed by atoms with Gasteiger partial charge < -0.3 is 10.2 Å². The Morgan fingerprint density at radius 2 is 1.78 bits per heavy atom. The van der Waals surface area contributed by atoms with E-state index < -0.39 is 11.5 Å². The van der Waals surface area contributed by atoms with Crippen molar-refractivity contribution >= 4 is 17.5 Å². The minimum absolute atomic E-state index is 0.240. The second-order valence-electron chi connectivity index (χ2n) is 6.10. The third-order valence-electron chi connectivity index (χ3n) is 4.37. The van der Waals surface area contributed by atoms with Crippen LogP contribution in [0, 0.1) is 5.82 Å². The largest absolute Gasteiger partial charge is 0.346 e. The number of carbonyl (C=O) groups is 1. The van der Waals surface area contributed by atoms with Gasteiger partial charge in [-0.25, -0.2) is 4.39 Å². The number of benzene rings is 2. The molecule has 1 N–H and O–H groups in total. The number of hydrogen-bond acceptors (Lipinski definition) is 5. The number of hydrogen-bond donors (Lipinski definition) is 1. The zero-order chi connectivity index (χ0) is 18.8. The molecule has 2 heterocycles. The van der Waals surface area contributed by atoms with E-state index in [-0.39, 0.29) is 11.5 Å². The molecule has 1 amide bonds. The average Bonchev–Trinajstić information content (AvgIpc) is 3.13. The predicted molar refractivity (Wildman–Crippen MR) is 97.3 cm³/mol. The fraction of sp³-hybridized carbons (Fsp3) is 0.158. The second kappa shape index (κ2) is 6.99. The van der Waals surface area contributed by atoms with Crippen LogP contribution in [0.15, 0.2) is 59.4 Å². The van der Waals surface area contributed by atoms with Crippen LogP contribution in [0.4, 0.5) is 16.0 Å². The van der Waals surface area contributed by atoms with Crippen molar-refractivity contribution in [3.63, 3.8) is 0 Å². The highest BCUT2D eigenvalue weighted by Gasteiger charge is 2.27. The summed E-state index contributed by atoms with van der Waals surface area (Å²) in [6.07, 6.45) is 0. The van der Waals surface area contributed by atoms with Gasteiger partial charge in [0.1, 0.15) is 5.82 Å². The molecule has 0 unspecified atom stereocenters. The van der Waals surface area contributed by atoms with Crippen molar-refractivity contribution in [1.82, 2.24) is 20.1 Å². The van der Waals surface area contributed by atoms with E-state index in [0.29, 0.717) is 31.3 Å². The van der Waals surface area contributed by atoms with Crippen molar-refractivity contribution in [2.75, 3.05) is 11.4 Å². The lowest BCUT2D eigenvalue weighted by atomic mass is 10.2. The summed E-state index contributed by atoms with van der Waals surface area (Å²) < 4.78 is 14.5. The maximum atomic E-state index is 13.1. The number of amides is 1. The molecular formula is C19H16FN5O2. The molecule has 27 heavy (non-hydrogen) atoms. The maximum absolute atomic E-state index is 13.1. The molecule has 1 aromatic heterocycles. The molecule has 0 spiro atoms. The van der Waals surface area contributed by atoms with Gasteiger partial charge in [0.15, 0.2) is 0 Å². The summed E-state index contributed by atoms with van der Waals surface area (Å²) in [4.78, 5) is 26.8. The Morgan fingerprint density at radius 1 is 1.04 bits per heavy atom. The van der Waals surface area contributed by atoms with Gasteiger partial charge in [-0.2, -0.15) is 0 Å². The van der Waals surface area contributed by atoms with Gasteiger partial charge in [-0.05, 0) is 29.8 Å². The van der Waals surface area contributed by atoms with Gasteiger partial charge in [-0.15, -0.1) is 10.2 Å². The van der Waals surface area contributed by atoms with E-state index in [1.807, 2.05) is 30.3 Å². The van der Waals surface area contributed by atoms with Crippen LogP contribution in [0.2, 0.25) is 0 Å². The number of nitrogens with one attached hydrogen (secondary N) is 1.